The van der Waals surface area contributed by atoms with Gasteiger partial charge in [0.1, 0.15) is 0 Å². The van der Waals surface area contributed by atoms with Gasteiger partial charge in [0, 0.05) is 11.1 Å². The number of ketones is 1. The molecule has 0 saturated heterocycles. The van der Waals surface area contributed by atoms with Crippen LogP contribution in [0.15, 0.2) is 48.5 Å². The second-order valence-corrected chi connectivity index (χ2v) is 4.99. The van der Waals surface area contributed by atoms with Crippen molar-refractivity contribution in [3.05, 3.63) is 59.7 Å². The third-order valence-electron chi connectivity index (χ3n) is 2.70. The molecule has 0 fully saturated rings. The van der Waals surface area contributed by atoms with Crippen molar-refractivity contribution in [3.63, 3.8) is 0 Å². The van der Waals surface area contributed by atoms with E-state index in [0.29, 0.717) is 16.3 Å². The number of aromatic nitrogens is 1. The number of thiazole rings is 1. The molecule has 3 rings (SSSR count). The Morgan fingerprint density at radius 3 is 2.61 bits per heavy atom. The molecule has 0 atom stereocenters. The van der Waals surface area contributed by atoms with Crippen molar-refractivity contribution >= 4 is 32.5 Å². The summed E-state index contributed by atoms with van der Waals surface area (Å²) in [5.41, 5.74) is 7.84. The first kappa shape index (κ1) is 10.9. The van der Waals surface area contributed by atoms with Crippen molar-refractivity contribution in [2.75, 3.05) is 5.73 Å². The highest BCUT2D eigenvalue weighted by atomic mass is 32.1. The van der Waals surface area contributed by atoms with E-state index in [1.54, 1.807) is 6.07 Å². The van der Waals surface area contributed by atoms with Gasteiger partial charge in [-0.15, -0.1) is 0 Å². The van der Waals surface area contributed by atoms with Gasteiger partial charge in [-0.25, -0.2) is 4.98 Å². The van der Waals surface area contributed by atoms with Crippen LogP contribution in [0.4, 0.5) is 5.13 Å². The summed E-state index contributed by atoms with van der Waals surface area (Å²) in [4.78, 5) is 16.4. The third kappa shape index (κ3) is 1.87. The second kappa shape index (κ2) is 4.23. The van der Waals surface area contributed by atoms with Gasteiger partial charge >= 0.3 is 0 Å². The Hall–Kier alpha value is -2.20. The van der Waals surface area contributed by atoms with Gasteiger partial charge < -0.3 is 5.73 Å². The largest absolute Gasteiger partial charge is 0.375 e. The molecule has 0 unspecified atom stereocenters. The monoisotopic (exact) mass is 254 g/mol. The Morgan fingerprint density at radius 1 is 1.06 bits per heavy atom. The number of nitrogens with zero attached hydrogens (tertiary/aromatic N) is 1. The minimum atomic E-state index is 0.0180. The highest BCUT2D eigenvalue weighted by molar-refractivity contribution is 7.22. The van der Waals surface area contributed by atoms with Gasteiger partial charge in [-0.2, -0.15) is 0 Å². The van der Waals surface area contributed by atoms with Crippen LogP contribution in [0, 0.1) is 0 Å². The van der Waals surface area contributed by atoms with E-state index in [1.807, 2.05) is 42.5 Å². The Bertz CT molecular complexity index is 719. The molecule has 3 nitrogen and oxygen atoms in total. The molecule has 0 radical (unpaired) electrons. The van der Waals surface area contributed by atoms with E-state index in [-0.39, 0.29) is 5.78 Å². The lowest BCUT2D eigenvalue weighted by molar-refractivity contribution is 0.103. The van der Waals surface area contributed by atoms with Crippen LogP contribution in [-0.2, 0) is 0 Å². The molecule has 0 saturated carbocycles. The summed E-state index contributed by atoms with van der Waals surface area (Å²) in [5.74, 6) is 0.0180. The summed E-state index contributed by atoms with van der Waals surface area (Å²) >= 11 is 1.39. The summed E-state index contributed by atoms with van der Waals surface area (Å²) < 4.78 is 0.939. The first-order chi connectivity index (χ1) is 8.74. The Morgan fingerprint density at radius 2 is 1.83 bits per heavy atom. The van der Waals surface area contributed by atoms with E-state index in [2.05, 4.69) is 4.98 Å². The van der Waals surface area contributed by atoms with Crippen molar-refractivity contribution in [2.24, 2.45) is 0 Å². The minimum Gasteiger partial charge on any atom is -0.375 e. The van der Waals surface area contributed by atoms with E-state index in [9.17, 15) is 4.79 Å². The lowest BCUT2D eigenvalue weighted by Crippen LogP contribution is -2.00. The van der Waals surface area contributed by atoms with Gasteiger partial charge in [-0.1, -0.05) is 41.7 Å². The molecule has 0 aliphatic heterocycles. The van der Waals surface area contributed by atoms with Crippen molar-refractivity contribution in [1.82, 2.24) is 4.98 Å². The van der Waals surface area contributed by atoms with Crippen molar-refractivity contribution in [1.29, 1.82) is 0 Å². The van der Waals surface area contributed by atoms with Crippen LogP contribution in [0.3, 0.4) is 0 Å². The molecule has 2 N–H and O–H groups in total. The molecule has 0 bridgehead atoms. The summed E-state index contributed by atoms with van der Waals surface area (Å²) in [6.07, 6.45) is 0. The molecular weight excluding hydrogens is 244 g/mol. The normalized spacial score (nSPS) is 10.7. The summed E-state index contributed by atoms with van der Waals surface area (Å²) in [5, 5.41) is 0.523. The lowest BCUT2D eigenvalue weighted by Gasteiger charge is -2.00. The van der Waals surface area contributed by atoms with Crippen LogP contribution in [-0.4, -0.2) is 10.8 Å². The molecule has 88 valence electrons. The predicted molar refractivity (Wildman–Crippen MR) is 73.9 cm³/mol. The molecule has 0 spiro atoms. The summed E-state index contributed by atoms with van der Waals surface area (Å²) in [6, 6.07) is 14.7. The van der Waals surface area contributed by atoms with E-state index < -0.39 is 0 Å². The van der Waals surface area contributed by atoms with E-state index in [0.717, 1.165) is 10.2 Å². The molecule has 1 heterocycles. The number of fused-ring (bicyclic) bond motifs is 1. The zero-order chi connectivity index (χ0) is 12.5. The minimum absolute atomic E-state index is 0.0180. The smallest absolute Gasteiger partial charge is 0.193 e. The highest BCUT2D eigenvalue weighted by Crippen LogP contribution is 2.25. The maximum absolute atomic E-state index is 12.2. The average Bonchev–Trinajstić information content (AvgIpc) is 2.78. The fourth-order valence-corrected chi connectivity index (χ4v) is 2.61. The van der Waals surface area contributed by atoms with Crippen molar-refractivity contribution in [2.45, 2.75) is 0 Å². The third-order valence-corrected chi connectivity index (χ3v) is 3.55. The van der Waals surface area contributed by atoms with Crippen molar-refractivity contribution in [3.8, 4) is 0 Å². The van der Waals surface area contributed by atoms with Gasteiger partial charge in [-0.05, 0) is 18.2 Å². The van der Waals surface area contributed by atoms with Crippen LogP contribution in [0.1, 0.15) is 15.9 Å². The van der Waals surface area contributed by atoms with Gasteiger partial charge in [0.15, 0.2) is 10.9 Å². The molecule has 0 aliphatic carbocycles. The molecular formula is C14H10N2OS. The number of benzene rings is 2. The van der Waals surface area contributed by atoms with Gasteiger partial charge in [0.05, 0.1) is 10.2 Å². The van der Waals surface area contributed by atoms with E-state index in [1.165, 1.54) is 11.3 Å². The molecule has 1 aromatic heterocycles. The van der Waals surface area contributed by atoms with E-state index >= 15 is 0 Å². The van der Waals surface area contributed by atoms with Crippen LogP contribution in [0.5, 0.6) is 0 Å². The first-order valence-corrected chi connectivity index (χ1v) is 6.31. The molecule has 0 amide bonds. The van der Waals surface area contributed by atoms with Crippen LogP contribution < -0.4 is 5.73 Å². The number of carbonyl (C=O) groups excluding carboxylic acids is 1. The van der Waals surface area contributed by atoms with Gasteiger partial charge in [-0.3, -0.25) is 4.79 Å². The zero-order valence-corrected chi connectivity index (χ0v) is 10.3. The Kier molecular flexibility index (Phi) is 2.57. The molecule has 2 aromatic carbocycles. The molecule has 4 heteroatoms. The number of anilines is 1. The molecule has 0 aliphatic rings. The van der Waals surface area contributed by atoms with E-state index in [4.69, 9.17) is 5.73 Å². The topological polar surface area (TPSA) is 56.0 Å². The number of nitrogens with two attached hydrogens (primary N) is 1. The standard InChI is InChI=1S/C14H10N2OS/c15-14-16-11-7-6-10(8-12(11)18-14)13(17)9-4-2-1-3-5-9/h1-8H,(H2,15,16). The SMILES string of the molecule is Nc1nc2ccc(C(=O)c3ccccc3)cc2s1. The maximum Gasteiger partial charge on any atom is 0.193 e. The van der Waals surface area contributed by atoms with Crippen LogP contribution >= 0.6 is 11.3 Å². The molecule has 3 aromatic rings. The number of hydrogen-bond donors (Lipinski definition) is 1. The number of carbonyl (C=O) groups is 1. The average molecular weight is 254 g/mol. The number of hydrogen-bond acceptors (Lipinski definition) is 4. The number of rotatable bonds is 2. The fraction of sp³-hybridized carbons (Fsp3) is 0. The number of nitrogen functional groups attached to an aromatic ring is 1. The van der Waals surface area contributed by atoms with Gasteiger partial charge in [0.25, 0.3) is 0 Å². The quantitative estimate of drug-likeness (QED) is 0.715. The predicted octanol–water partition coefficient (Wildman–Crippen LogP) is 3.11. The lowest BCUT2D eigenvalue weighted by atomic mass is 10.0. The van der Waals surface area contributed by atoms with Gasteiger partial charge in [0.2, 0.25) is 0 Å². The Balaban J connectivity index is 2.06. The zero-order valence-electron chi connectivity index (χ0n) is 9.46. The summed E-state index contributed by atoms with van der Waals surface area (Å²) in [6.45, 7) is 0. The van der Waals surface area contributed by atoms with Crippen LogP contribution in [0.2, 0.25) is 0 Å². The Labute approximate surface area is 108 Å². The summed E-state index contributed by atoms with van der Waals surface area (Å²) in [7, 11) is 0. The fourth-order valence-electron chi connectivity index (χ4n) is 1.84. The second-order valence-electron chi connectivity index (χ2n) is 3.93. The van der Waals surface area contributed by atoms with Crippen molar-refractivity contribution < 1.29 is 4.79 Å². The van der Waals surface area contributed by atoms with Crippen LogP contribution in [0.25, 0.3) is 10.2 Å². The highest BCUT2D eigenvalue weighted by Gasteiger charge is 2.10. The maximum atomic E-state index is 12.2. The molecule has 18 heavy (non-hydrogen) atoms. The first-order valence-electron chi connectivity index (χ1n) is 5.50.